The maximum Gasteiger partial charge on any atom is 0.354 e. The van der Waals surface area contributed by atoms with Crippen LogP contribution < -0.4 is 10.2 Å². The van der Waals surface area contributed by atoms with Gasteiger partial charge in [0.05, 0.1) is 18.4 Å². The average molecular weight is 237 g/mol. The quantitative estimate of drug-likeness (QED) is 0.772. The Morgan fingerprint density at radius 1 is 1.47 bits per heavy atom. The van der Waals surface area contributed by atoms with Gasteiger partial charge in [-0.3, -0.25) is 4.79 Å². The molecule has 0 atom stereocenters. The minimum Gasteiger partial charge on any atom is -0.477 e. The van der Waals surface area contributed by atoms with Crippen LogP contribution in [-0.2, 0) is 4.79 Å². The molecular formula is C11H15N3O3. The maximum atomic E-state index is 11.3. The smallest absolute Gasteiger partial charge is 0.354 e. The number of nitrogens with zero attached hydrogens (tertiary/aromatic N) is 2. The summed E-state index contributed by atoms with van der Waals surface area (Å²) in [6, 6.07) is 3.03. The number of pyridine rings is 1. The number of carbonyl (C=O) groups excluding carboxylic acids is 1. The van der Waals surface area contributed by atoms with Gasteiger partial charge in [0.15, 0.2) is 0 Å². The van der Waals surface area contributed by atoms with Crippen LogP contribution in [0.1, 0.15) is 17.4 Å². The van der Waals surface area contributed by atoms with Crippen molar-refractivity contribution in [2.75, 3.05) is 25.0 Å². The first-order chi connectivity index (χ1) is 8.04. The molecule has 0 bridgehead atoms. The van der Waals surface area contributed by atoms with Crippen LogP contribution in [0.2, 0.25) is 0 Å². The van der Waals surface area contributed by atoms with Crippen LogP contribution in [0.5, 0.6) is 0 Å². The molecule has 1 aromatic rings. The molecule has 6 heteroatoms. The molecule has 1 heterocycles. The van der Waals surface area contributed by atoms with Crippen molar-refractivity contribution in [1.82, 2.24) is 10.3 Å². The normalized spacial score (nSPS) is 9.76. The molecule has 0 aliphatic heterocycles. The Morgan fingerprint density at radius 2 is 2.18 bits per heavy atom. The predicted octanol–water partition coefficient (Wildman–Crippen LogP) is 0.352. The van der Waals surface area contributed by atoms with E-state index >= 15 is 0 Å². The van der Waals surface area contributed by atoms with Gasteiger partial charge in [-0.1, -0.05) is 0 Å². The molecule has 0 saturated carbocycles. The largest absolute Gasteiger partial charge is 0.477 e. The summed E-state index contributed by atoms with van der Waals surface area (Å²) < 4.78 is 0. The topological polar surface area (TPSA) is 82.5 Å². The van der Waals surface area contributed by atoms with Crippen LogP contribution in [-0.4, -0.2) is 42.1 Å². The molecule has 0 unspecified atom stereocenters. The number of amides is 1. The number of hydrogen-bond acceptors (Lipinski definition) is 4. The second-order valence-electron chi connectivity index (χ2n) is 3.52. The molecule has 0 radical (unpaired) electrons. The minimum absolute atomic E-state index is 0.0137. The molecule has 92 valence electrons. The second kappa shape index (κ2) is 5.83. The van der Waals surface area contributed by atoms with Crippen LogP contribution in [0.4, 0.5) is 5.69 Å². The van der Waals surface area contributed by atoms with Gasteiger partial charge in [-0.05, 0) is 19.1 Å². The van der Waals surface area contributed by atoms with E-state index in [2.05, 4.69) is 10.3 Å². The highest BCUT2D eigenvalue weighted by Crippen LogP contribution is 2.10. The third kappa shape index (κ3) is 3.75. The number of nitrogens with one attached hydrogen (secondary N) is 1. The highest BCUT2D eigenvalue weighted by Gasteiger charge is 2.08. The van der Waals surface area contributed by atoms with Crippen molar-refractivity contribution in [3.8, 4) is 0 Å². The third-order valence-corrected chi connectivity index (χ3v) is 2.16. The molecule has 1 rings (SSSR count). The monoisotopic (exact) mass is 237 g/mol. The summed E-state index contributed by atoms with van der Waals surface area (Å²) >= 11 is 0. The molecule has 0 aromatic carbocycles. The van der Waals surface area contributed by atoms with Gasteiger partial charge < -0.3 is 15.3 Å². The van der Waals surface area contributed by atoms with Gasteiger partial charge >= 0.3 is 5.97 Å². The van der Waals surface area contributed by atoms with E-state index in [0.29, 0.717) is 12.2 Å². The summed E-state index contributed by atoms with van der Waals surface area (Å²) in [6.45, 7) is 2.64. The van der Waals surface area contributed by atoms with E-state index in [9.17, 15) is 9.59 Å². The molecular weight excluding hydrogens is 222 g/mol. The Morgan fingerprint density at radius 3 is 2.65 bits per heavy atom. The molecule has 0 aliphatic carbocycles. The lowest BCUT2D eigenvalue weighted by molar-refractivity contribution is -0.119. The lowest BCUT2D eigenvalue weighted by Gasteiger charge is -2.18. The fourth-order valence-corrected chi connectivity index (χ4v) is 1.30. The van der Waals surface area contributed by atoms with E-state index in [-0.39, 0.29) is 18.1 Å². The van der Waals surface area contributed by atoms with E-state index in [1.54, 1.807) is 18.0 Å². The van der Waals surface area contributed by atoms with Crippen LogP contribution in [0, 0.1) is 0 Å². The fraction of sp³-hybridized carbons (Fsp3) is 0.364. The van der Waals surface area contributed by atoms with E-state index in [1.807, 2.05) is 6.92 Å². The average Bonchev–Trinajstić information content (AvgIpc) is 2.29. The van der Waals surface area contributed by atoms with Crippen molar-refractivity contribution < 1.29 is 14.7 Å². The zero-order valence-electron chi connectivity index (χ0n) is 9.80. The summed E-state index contributed by atoms with van der Waals surface area (Å²) in [5.74, 6) is -1.15. The standard InChI is InChI=1S/C11H15N3O3/c1-3-12-10(15)7-14(2)8-4-5-9(11(16)17)13-6-8/h4-6H,3,7H2,1-2H3,(H,12,15)(H,16,17). The Bertz CT molecular complexity index is 403. The number of carboxylic acid groups (broad SMARTS) is 1. The van der Waals surface area contributed by atoms with E-state index in [1.165, 1.54) is 12.3 Å². The van der Waals surface area contributed by atoms with Crippen molar-refractivity contribution in [1.29, 1.82) is 0 Å². The van der Waals surface area contributed by atoms with Crippen molar-refractivity contribution in [3.63, 3.8) is 0 Å². The highest BCUT2D eigenvalue weighted by molar-refractivity contribution is 5.85. The maximum absolute atomic E-state index is 11.3. The van der Waals surface area contributed by atoms with Crippen molar-refractivity contribution >= 4 is 17.6 Å². The number of likely N-dealkylation sites (N-methyl/N-ethyl adjacent to an activating group) is 2. The Hall–Kier alpha value is -2.11. The number of aromatic carboxylic acids is 1. The van der Waals surface area contributed by atoms with Gasteiger partial charge in [0.25, 0.3) is 0 Å². The van der Waals surface area contributed by atoms with Crippen LogP contribution >= 0.6 is 0 Å². The van der Waals surface area contributed by atoms with Gasteiger partial charge in [-0.25, -0.2) is 9.78 Å². The van der Waals surface area contributed by atoms with E-state index in [4.69, 9.17) is 5.11 Å². The lowest BCUT2D eigenvalue weighted by atomic mass is 10.3. The van der Waals surface area contributed by atoms with Crippen LogP contribution in [0.3, 0.4) is 0 Å². The zero-order valence-corrected chi connectivity index (χ0v) is 9.80. The first-order valence-corrected chi connectivity index (χ1v) is 5.21. The summed E-state index contributed by atoms with van der Waals surface area (Å²) in [5, 5.41) is 11.4. The second-order valence-corrected chi connectivity index (χ2v) is 3.52. The van der Waals surface area contributed by atoms with Crippen molar-refractivity contribution in [3.05, 3.63) is 24.0 Å². The molecule has 0 fully saturated rings. The SMILES string of the molecule is CCNC(=O)CN(C)c1ccc(C(=O)O)nc1. The Balaban J connectivity index is 2.66. The summed E-state index contributed by atoms with van der Waals surface area (Å²) in [4.78, 5) is 27.4. The molecule has 2 N–H and O–H groups in total. The fourth-order valence-electron chi connectivity index (χ4n) is 1.30. The molecule has 0 aliphatic rings. The van der Waals surface area contributed by atoms with E-state index < -0.39 is 5.97 Å². The van der Waals surface area contributed by atoms with Gasteiger partial charge in [0.1, 0.15) is 5.69 Å². The minimum atomic E-state index is -1.07. The highest BCUT2D eigenvalue weighted by atomic mass is 16.4. The molecule has 1 amide bonds. The third-order valence-electron chi connectivity index (χ3n) is 2.16. The zero-order chi connectivity index (χ0) is 12.8. The number of rotatable bonds is 5. The number of hydrogen-bond donors (Lipinski definition) is 2. The Labute approximate surface area is 99.3 Å². The van der Waals surface area contributed by atoms with Crippen molar-refractivity contribution in [2.24, 2.45) is 0 Å². The summed E-state index contributed by atoms with van der Waals surface area (Å²) in [5.41, 5.74) is 0.682. The molecule has 0 saturated heterocycles. The van der Waals surface area contributed by atoms with Crippen LogP contribution in [0.15, 0.2) is 18.3 Å². The van der Waals surface area contributed by atoms with Gasteiger partial charge in [-0.2, -0.15) is 0 Å². The van der Waals surface area contributed by atoms with Gasteiger partial charge in [-0.15, -0.1) is 0 Å². The molecule has 0 spiro atoms. The van der Waals surface area contributed by atoms with Gasteiger partial charge in [0.2, 0.25) is 5.91 Å². The number of carbonyl (C=O) groups is 2. The van der Waals surface area contributed by atoms with Crippen molar-refractivity contribution in [2.45, 2.75) is 6.92 Å². The first kappa shape index (κ1) is 13.0. The number of anilines is 1. The number of aromatic nitrogens is 1. The molecule has 1 aromatic heterocycles. The number of carboxylic acids is 1. The summed E-state index contributed by atoms with van der Waals surface area (Å²) in [6.07, 6.45) is 1.43. The van der Waals surface area contributed by atoms with Gasteiger partial charge in [0, 0.05) is 13.6 Å². The van der Waals surface area contributed by atoms with Crippen LogP contribution in [0.25, 0.3) is 0 Å². The predicted molar refractivity (Wildman–Crippen MR) is 63.2 cm³/mol. The molecule has 6 nitrogen and oxygen atoms in total. The van der Waals surface area contributed by atoms with E-state index in [0.717, 1.165) is 0 Å². The first-order valence-electron chi connectivity index (χ1n) is 5.21. The lowest BCUT2D eigenvalue weighted by Crippen LogP contribution is -2.35. The molecule has 17 heavy (non-hydrogen) atoms. The summed E-state index contributed by atoms with van der Waals surface area (Å²) in [7, 11) is 1.74. The Kier molecular flexibility index (Phi) is 4.45.